The SMILES string of the molecule is C.CC.CC.CC.CC1(CO)CC[C-](Cc2ccccc2)C1=O.CC1CC[C-](Cc2ccccc2)C1=O.CCC1(C)CC[C-](Cc2ccccc2)C1=O.[I][V]([I])[I].[I][V][I].[Y].[Y].[Y]. The number of aliphatic hydroxyl groups is 1. The predicted molar refractivity (Wildman–Crippen MR) is 297 cm³/mol. The van der Waals surface area contributed by atoms with Crippen LogP contribution in [-0.4, -0.2) is 29.1 Å². The molecule has 3 aromatic rings. The summed E-state index contributed by atoms with van der Waals surface area (Å²) in [6, 6.07) is 30.5. The fraction of sp³-hybridized carbons (Fsp3) is 0.510. The van der Waals surface area contributed by atoms with Crippen molar-refractivity contribution >= 4 is 117 Å². The minimum Gasteiger partial charge on any atom is 0 e. The third kappa shape index (κ3) is 32.9. The predicted octanol–water partition coefficient (Wildman–Crippen LogP) is 16.7. The molecule has 350 valence electrons. The molecule has 3 aromatic carbocycles. The number of ketones is 3. The maximum atomic E-state index is 12.2. The smallest absolute Gasteiger partial charge is 0 e. The van der Waals surface area contributed by atoms with Crippen molar-refractivity contribution in [3.8, 4) is 0 Å². The first-order valence-electron chi connectivity index (χ1n) is 20.8. The summed E-state index contributed by atoms with van der Waals surface area (Å²) in [5.41, 5.74) is 3.08. The van der Waals surface area contributed by atoms with E-state index < -0.39 is 5.41 Å². The molecule has 6 rings (SSSR count). The van der Waals surface area contributed by atoms with Gasteiger partial charge in [0.05, 0.1) is 6.61 Å². The van der Waals surface area contributed by atoms with E-state index in [1.165, 1.54) is 16.7 Å². The van der Waals surface area contributed by atoms with E-state index in [0.717, 1.165) is 82.0 Å². The van der Waals surface area contributed by atoms with E-state index in [1.54, 1.807) is 0 Å². The third-order valence-corrected chi connectivity index (χ3v) is 10.3. The van der Waals surface area contributed by atoms with Gasteiger partial charge in [0.2, 0.25) is 0 Å². The standard InChI is InChI=1S/C15H19O.C14H17O2.C13H15O.3C2H6.CH4.5HI.2V.3Y/c1-3-15(2)10-9-13(14(15)16)11-12-7-5-4-6-8-12;1-14(10-15)8-7-12(13(14)16)9-11-5-3-2-4-6-11;1-10-7-8-12(13(10)14)9-11-5-3-2-4-6-11;3*1-2;;;;;;;;;;;/h4-8H,3,9-11H2,1-2H3;2-6,15H,7-10H2,1H3;2-6,10H,7-9H2,1H3;3*1-2H3;1H4;5*1H;;;;;/q3*-1;;;;;;;;;;+2;+3;;;/p-5. The van der Waals surface area contributed by atoms with Gasteiger partial charge in [0, 0.05) is 121 Å². The number of carbonyl (C=O) groups is 3. The maximum Gasteiger partial charge on any atom is 0 e. The number of Topliss-reactive ketones (excluding diaryl/α,β-unsaturated/α-hetero) is 3. The maximum absolute atomic E-state index is 12.2. The van der Waals surface area contributed by atoms with Crippen LogP contribution in [-0.2, 0) is 146 Å². The van der Waals surface area contributed by atoms with Crippen LogP contribution >= 0.6 is 99.9 Å². The molecule has 0 aliphatic heterocycles. The second-order valence-electron chi connectivity index (χ2n) is 14.1. The molecule has 3 radical (unpaired) electrons. The second kappa shape index (κ2) is 48.6. The average molecular weight is 1730 g/mol. The number of rotatable bonds is 8. The summed E-state index contributed by atoms with van der Waals surface area (Å²) < 4.78 is 0. The number of hydrogen-bond donors (Lipinski definition) is 1. The summed E-state index contributed by atoms with van der Waals surface area (Å²) in [6.07, 6.45) is 9.05. The van der Waals surface area contributed by atoms with Crippen LogP contribution in [0.4, 0.5) is 0 Å². The van der Waals surface area contributed by atoms with Gasteiger partial charge in [0.15, 0.2) is 0 Å². The minimum atomic E-state index is -0.524. The van der Waals surface area contributed by atoms with Crippen molar-refractivity contribution in [3.63, 3.8) is 0 Å². The monoisotopic (exact) mass is 1730 g/mol. The van der Waals surface area contributed by atoms with E-state index in [-0.39, 0.29) is 134 Å². The molecule has 1 N–H and O–H groups in total. The number of hydrogen-bond acceptors (Lipinski definition) is 4. The van der Waals surface area contributed by atoms with Crippen LogP contribution in [0.15, 0.2) is 91.0 Å². The molecular weight excluding hydrogens is 1660 g/mol. The van der Waals surface area contributed by atoms with Gasteiger partial charge in [-0.25, -0.2) is 0 Å². The Labute approximate surface area is 528 Å². The molecular formula is C49H73I5O4V2Y3-3. The van der Waals surface area contributed by atoms with E-state index in [0.29, 0.717) is 21.0 Å². The van der Waals surface area contributed by atoms with Crippen LogP contribution in [0.25, 0.3) is 0 Å². The Kier molecular flexibility index (Phi) is 60.8. The molecule has 0 spiro atoms. The third-order valence-electron chi connectivity index (χ3n) is 10.3. The molecule has 0 heterocycles. The van der Waals surface area contributed by atoms with Gasteiger partial charge in [0.1, 0.15) is 0 Å². The van der Waals surface area contributed by atoms with Crippen molar-refractivity contribution in [2.75, 3.05) is 6.61 Å². The Morgan fingerprint density at radius 2 is 0.905 bits per heavy atom. The summed E-state index contributed by atoms with van der Waals surface area (Å²) in [6.45, 7) is 20.1. The van der Waals surface area contributed by atoms with Crippen molar-refractivity contribution in [2.45, 2.75) is 141 Å². The van der Waals surface area contributed by atoms with Crippen molar-refractivity contribution in [2.24, 2.45) is 16.7 Å². The van der Waals surface area contributed by atoms with Gasteiger partial charge in [-0.3, -0.25) is 0 Å². The topological polar surface area (TPSA) is 71.4 Å². The number of carbonyl (C=O) groups excluding carboxylic acids is 3. The largest absolute Gasteiger partial charge is 0 e. The van der Waals surface area contributed by atoms with Gasteiger partial charge in [-0.2, -0.15) is 19.3 Å². The molecule has 4 nitrogen and oxygen atoms in total. The Bertz CT molecular complexity index is 1440. The molecule has 3 aliphatic rings. The van der Waals surface area contributed by atoms with Crippen LogP contribution in [0.1, 0.15) is 138 Å². The van der Waals surface area contributed by atoms with Gasteiger partial charge >= 0.3 is 114 Å². The van der Waals surface area contributed by atoms with Gasteiger partial charge in [-0.05, 0) is 17.8 Å². The zero-order valence-corrected chi connectivity index (χ0v) is 60.8. The number of benzene rings is 3. The van der Waals surface area contributed by atoms with Gasteiger partial charge in [0.25, 0.3) is 0 Å². The Morgan fingerprint density at radius 3 is 1.14 bits per heavy atom. The average Bonchev–Trinajstić information content (AvgIpc) is 3.85. The van der Waals surface area contributed by atoms with Crippen molar-refractivity contribution < 1.29 is 132 Å². The fourth-order valence-corrected chi connectivity index (χ4v) is 6.68. The van der Waals surface area contributed by atoms with Gasteiger partial charge < -0.3 is 37.2 Å². The van der Waals surface area contributed by atoms with Gasteiger partial charge in [-0.1, -0.05) is 204 Å². The Hall–Kier alpha value is 4.37. The summed E-state index contributed by atoms with van der Waals surface area (Å²) >= 11 is 12.1. The summed E-state index contributed by atoms with van der Waals surface area (Å²) in [4.78, 5) is 35.7. The van der Waals surface area contributed by atoms with Crippen LogP contribution < -0.4 is 0 Å². The molecule has 3 fully saturated rings. The summed E-state index contributed by atoms with van der Waals surface area (Å²) in [5.74, 6) is 4.39. The first-order chi connectivity index (χ1) is 28.2. The van der Waals surface area contributed by atoms with E-state index >= 15 is 0 Å². The van der Waals surface area contributed by atoms with Crippen LogP contribution in [0.5, 0.6) is 0 Å². The van der Waals surface area contributed by atoms with E-state index in [2.05, 4.69) is 138 Å². The summed E-state index contributed by atoms with van der Waals surface area (Å²) in [5, 5.41) is 9.25. The number of halogens is 5. The van der Waals surface area contributed by atoms with Crippen LogP contribution in [0.2, 0.25) is 0 Å². The quantitative estimate of drug-likeness (QED) is 0.180. The summed E-state index contributed by atoms with van der Waals surface area (Å²) in [7, 11) is 0.628. The van der Waals surface area contributed by atoms with Crippen LogP contribution in [0, 0.1) is 34.5 Å². The molecule has 3 aliphatic carbocycles. The van der Waals surface area contributed by atoms with E-state index in [9.17, 15) is 19.5 Å². The Morgan fingerprint density at radius 1 is 0.619 bits per heavy atom. The van der Waals surface area contributed by atoms with Gasteiger partial charge in [-0.15, -0.1) is 19.3 Å². The molecule has 0 aromatic heterocycles. The minimum absolute atomic E-state index is 0. The molecule has 3 saturated carbocycles. The molecule has 3 unspecified atom stereocenters. The van der Waals surface area contributed by atoms with E-state index in [1.807, 2.05) is 122 Å². The molecule has 0 saturated heterocycles. The molecule has 0 bridgehead atoms. The molecule has 14 heteroatoms. The zero-order chi connectivity index (χ0) is 45.4. The normalized spacial score (nSPS) is 18.7. The van der Waals surface area contributed by atoms with Crippen LogP contribution in [0.3, 0.4) is 0 Å². The Balaban J connectivity index is -0.000000166. The molecule has 0 amide bonds. The first-order valence-corrected chi connectivity index (χ1v) is 43.4. The molecule has 63 heavy (non-hydrogen) atoms. The first kappa shape index (κ1) is 78.8. The zero-order valence-electron chi connectivity index (χ0n) is 38.7. The van der Waals surface area contributed by atoms with Crippen molar-refractivity contribution in [1.82, 2.24) is 0 Å². The van der Waals surface area contributed by atoms with Crippen molar-refractivity contribution in [3.05, 3.63) is 125 Å². The van der Waals surface area contributed by atoms with Crippen molar-refractivity contribution in [1.29, 1.82) is 0 Å². The second-order valence-corrected chi connectivity index (χ2v) is 61.3. The fourth-order valence-electron chi connectivity index (χ4n) is 6.68. The number of aliphatic hydroxyl groups excluding tert-OH is 1. The van der Waals surface area contributed by atoms with E-state index in [4.69, 9.17) is 0 Å². The molecule has 3 atom stereocenters.